The second-order valence-electron chi connectivity index (χ2n) is 5.52. The molecule has 1 N–H and O–H groups in total. The third-order valence-corrected chi connectivity index (χ3v) is 3.30. The Labute approximate surface area is 123 Å². The van der Waals surface area contributed by atoms with E-state index < -0.39 is 0 Å². The number of ether oxygens (including phenoxy) is 2. The van der Waals surface area contributed by atoms with E-state index in [0.29, 0.717) is 6.04 Å². The molecule has 1 unspecified atom stereocenters. The molecule has 1 atom stereocenters. The van der Waals surface area contributed by atoms with Crippen molar-refractivity contribution in [2.45, 2.75) is 59.1 Å². The molecule has 0 aliphatic rings. The Morgan fingerprint density at radius 1 is 1.15 bits per heavy atom. The highest BCUT2D eigenvalue weighted by Crippen LogP contribution is 2.29. The van der Waals surface area contributed by atoms with Crippen LogP contribution < -0.4 is 14.8 Å². The van der Waals surface area contributed by atoms with Crippen LogP contribution in [0.25, 0.3) is 0 Å². The van der Waals surface area contributed by atoms with Gasteiger partial charge < -0.3 is 14.8 Å². The Kier molecular flexibility index (Phi) is 7.45. The van der Waals surface area contributed by atoms with E-state index in [1.807, 2.05) is 6.07 Å². The van der Waals surface area contributed by atoms with E-state index in [1.54, 1.807) is 7.11 Å². The molecule has 0 saturated heterocycles. The number of nitrogens with one attached hydrogen (secondary N) is 1. The van der Waals surface area contributed by atoms with Gasteiger partial charge in [-0.2, -0.15) is 0 Å². The Bertz CT molecular complexity index is 391. The van der Waals surface area contributed by atoms with Gasteiger partial charge in [-0.15, -0.1) is 0 Å². The molecule has 1 aromatic rings. The number of hydrogen-bond acceptors (Lipinski definition) is 3. The molecule has 0 aliphatic heterocycles. The fourth-order valence-electron chi connectivity index (χ4n) is 2.09. The van der Waals surface area contributed by atoms with Gasteiger partial charge in [-0.25, -0.2) is 0 Å². The summed E-state index contributed by atoms with van der Waals surface area (Å²) in [5.41, 5.74) is 1.27. The summed E-state index contributed by atoms with van der Waals surface area (Å²) in [6.07, 6.45) is 3.37. The Morgan fingerprint density at radius 3 is 2.50 bits per heavy atom. The lowest BCUT2D eigenvalue weighted by Gasteiger charge is -2.18. The highest BCUT2D eigenvalue weighted by molar-refractivity contribution is 5.43. The lowest BCUT2D eigenvalue weighted by Crippen LogP contribution is -2.25. The summed E-state index contributed by atoms with van der Waals surface area (Å²) < 4.78 is 11.4. The highest BCUT2D eigenvalue weighted by Gasteiger charge is 2.09. The maximum atomic E-state index is 5.99. The van der Waals surface area contributed by atoms with Crippen LogP contribution in [-0.2, 0) is 6.42 Å². The molecule has 1 rings (SSSR count). The van der Waals surface area contributed by atoms with Crippen molar-refractivity contribution in [2.24, 2.45) is 0 Å². The van der Waals surface area contributed by atoms with Gasteiger partial charge in [-0.3, -0.25) is 0 Å². The van der Waals surface area contributed by atoms with Gasteiger partial charge in [0.25, 0.3) is 0 Å². The standard InChI is InChI=1S/C17H29NO2/c1-6-15-9-10-16(17(12-15)19-5)20-14(4)8-7-11-18-13(2)3/h9-10,12-14,18H,6-8,11H2,1-5H3. The molecule has 0 aromatic heterocycles. The smallest absolute Gasteiger partial charge is 0.161 e. The Balaban J connectivity index is 2.46. The summed E-state index contributed by atoms with van der Waals surface area (Å²) in [6, 6.07) is 6.72. The Hall–Kier alpha value is -1.22. The van der Waals surface area contributed by atoms with Gasteiger partial charge in [-0.05, 0) is 50.4 Å². The van der Waals surface area contributed by atoms with Crippen molar-refractivity contribution in [1.29, 1.82) is 0 Å². The van der Waals surface area contributed by atoms with Gasteiger partial charge in [0.1, 0.15) is 0 Å². The predicted octanol–water partition coefficient (Wildman–Crippen LogP) is 3.80. The number of methoxy groups -OCH3 is 1. The largest absolute Gasteiger partial charge is 0.493 e. The molecule has 0 radical (unpaired) electrons. The monoisotopic (exact) mass is 279 g/mol. The van der Waals surface area contributed by atoms with E-state index in [-0.39, 0.29) is 6.10 Å². The van der Waals surface area contributed by atoms with Gasteiger partial charge in [0.05, 0.1) is 13.2 Å². The maximum absolute atomic E-state index is 5.99. The van der Waals surface area contributed by atoms with Gasteiger partial charge in [0, 0.05) is 6.04 Å². The van der Waals surface area contributed by atoms with Crippen molar-refractivity contribution in [2.75, 3.05) is 13.7 Å². The lowest BCUT2D eigenvalue weighted by atomic mass is 10.1. The summed E-state index contributed by atoms with van der Waals surface area (Å²) in [7, 11) is 1.69. The summed E-state index contributed by atoms with van der Waals surface area (Å²) >= 11 is 0. The predicted molar refractivity (Wildman–Crippen MR) is 84.8 cm³/mol. The molecule has 0 heterocycles. The fourth-order valence-corrected chi connectivity index (χ4v) is 2.09. The molecule has 0 amide bonds. The first kappa shape index (κ1) is 16.8. The van der Waals surface area contributed by atoms with Crippen LogP contribution in [0, 0.1) is 0 Å². The summed E-state index contributed by atoms with van der Waals surface area (Å²) in [4.78, 5) is 0. The van der Waals surface area contributed by atoms with Crippen LogP contribution in [0.5, 0.6) is 11.5 Å². The molecule has 0 bridgehead atoms. The normalized spacial score (nSPS) is 12.5. The van der Waals surface area contributed by atoms with Crippen molar-refractivity contribution in [1.82, 2.24) is 5.32 Å². The first-order valence-corrected chi connectivity index (χ1v) is 7.63. The van der Waals surface area contributed by atoms with E-state index in [0.717, 1.165) is 37.3 Å². The van der Waals surface area contributed by atoms with E-state index >= 15 is 0 Å². The molecule has 0 spiro atoms. The van der Waals surface area contributed by atoms with E-state index in [9.17, 15) is 0 Å². The zero-order chi connectivity index (χ0) is 15.0. The molecular weight excluding hydrogens is 250 g/mol. The first-order valence-electron chi connectivity index (χ1n) is 7.63. The fraction of sp³-hybridized carbons (Fsp3) is 0.647. The van der Waals surface area contributed by atoms with Gasteiger partial charge in [0.15, 0.2) is 11.5 Å². The summed E-state index contributed by atoms with van der Waals surface area (Å²) in [5.74, 6) is 1.67. The molecular formula is C17H29NO2. The SMILES string of the molecule is CCc1ccc(OC(C)CCCNC(C)C)c(OC)c1. The minimum Gasteiger partial charge on any atom is -0.493 e. The molecule has 0 aliphatic carbocycles. The van der Waals surface area contributed by atoms with Crippen LogP contribution >= 0.6 is 0 Å². The Morgan fingerprint density at radius 2 is 1.90 bits per heavy atom. The zero-order valence-electron chi connectivity index (χ0n) is 13.5. The van der Waals surface area contributed by atoms with Crippen molar-refractivity contribution in [3.8, 4) is 11.5 Å². The minimum atomic E-state index is 0.199. The van der Waals surface area contributed by atoms with Gasteiger partial charge in [-0.1, -0.05) is 26.8 Å². The first-order chi connectivity index (χ1) is 9.56. The second-order valence-corrected chi connectivity index (χ2v) is 5.52. The van der Waals surface area contributed by atoms with Crippen LogP contribution in [0.2, 0.25) is 0 Å². The van der Waals surface area contributed by atoms with E-state index in [4.69, 9.17) is 9.47 Å². The number of hydrogen-bond donors (Lipinski definition) is 1. The van der Waals surface area contributed by atoms with E-state index in [2.05, 4.69) is 45.1 Å². The highest BCUT2D eigenvalue weighted by atomic mass is 16.5. The van der Waals surface area contributed by atoms with Crippen LogP contribution in [0.15, 0.2) is 18.2 Å². The molecule has 1 aromatic carbocycles. The number of benzene rings is 1. The maximum Gasteiger partial charge on any atom is 0.161 e. The average Bonchev–Trinajstić information content (AvgIpc) is 2.43. The zero-order valence-corrected chi connectivity index (χ0v) is 13.5. The molecule has 3 heteroatoms. The molecule has 0 fully saturated rings. The molecule has 20 heavy (non-hydrogen) atoms. The number of aryl methyl sites for hydroxylation is 1. The summed E-state index contributed by atoms with van der Waals surface area (Å²) in [5, 5.41) is 3.42. The quantitative estimate of drug-likeness (QED) is 0.697. The van der Waals surface area contributed by atoms with Crippen molar-refractivity contribution < 1.29 is 9.47 Å². The minimum absolute atomic E-state index is 0.199. The molecule has 0 saturated carbocycles. The van der Waals surface area contributed by atoms with Crippen molar-refractivity contribution >= 4 is 0 Å². The van der Waals surface area contributed by atoms with Crippen LogP contribution in [-0.4, -0.2) is 25.8 Å². The second kappa shape index (κ2) is 8.85. The van der Waals surface area contributed by atoms with Crippen molar-refractivity contribution in [3.05, 3.63) is 23.8 Å². The number of rotatable bonds is 9. The summed E-state index contributed by atoms with van der Waals surface area (Å²) in [6.45, 7) is 9.62. The van der Waals surface area contributed by atoms with Gasteiger partial charge in [0.2, 0.25) is 0 Å². The van der Waals surface area contributed by atoms with E-state index in [1.165, 1.54) is 5.56 Å². The third-order valence-electron chi connectivity index (χ3n) is 3.30. The topological polar surface area (TPSA) is 30.5 Å². The van der Waals surface area contributed by atoms with Gasteiger partial charge >= 0.3 is 0 Å². The molecule has 114 valence electrons. The lowest BCUT2D eigenvalue weighted by molar-refractivity contribution is 0.198. The van der Waals surface area contributed by atoms with Crippen LogP contribution in [0.1, 0.15) is 46.1 Å². The average molecular weight is 279 g/mol. The third kappa shape index (κ3) is 5.83. The van der Waals surface area contributed by atoms with Crippen LogP contribution in [0.3, 0.4) is 0 Å². The molecule has 3 nitrogen and oxygen atoms in total. The van der Waals surface area contributed by atoms with Crippen LogP contribution in [0.4, 0.5) is 0 Å². The van der Waals surface area contributed by atoms with Crippen molar-refractivity contribution in [3.63, 3.8) is 0 Å².